The van der Waals surface area contributed by atoms with Crippen LogP contribution in [0.15, 0.2) is 12.7 Å². The zero-order chi connectivity index (χ0) is 6.85. The fourth-order valence-corrected chi connectivity index (χ4v) is 0.531. The summed E-state index contributed by atoms with van der Waals surface area (Å²) in [7, 11) is 0. The lowest BCUT2D eigenvalue weighted by atomic mass is 10.6. The summed E-state index contributed by atoms with van der Waals surface area (Å²) in [6, 6.07) is 0. The molecule has 0 saturated carbocycles. The molecule has 0 aromatic heterocycles. The highest BCUT2D eigenvalue weighted by atomic mass is 16.6. The highest BCUT2D eigenvalue weighted by molar-refractivity contribution is 6.21. The van der Waals surface area contributed by atoms with E-state index in [-0.39, 0.29) is 0 Å². The molecule has 0 amide bonds. The van der Waals surface area contributed by atoms with Crippen LogP contribution in [0, 0.1) is 5.21 Å². The summed E-state index contributed by atoms with van der Waals surface area (Å²) in [4.78, 5) is 10.3. The molecule has 0 fully saturated rings. The Morgan fingerprint density at radius 1 is 2.00 bits per heavy atom. The molecule has 1 atom stereocenters. The Morgan fingerprint density at radius 2 is 2.67 bits per heavy atom. The van der Waals surface area contributed by atoms with E-state index in [2.05, 4.69) is 11.3 Å². The standard InChI is InChI=1S/C5H5NO3/c1-2-4-6(8)3-5(7)9-4/h2-4H,1H2/t4-/m1/s1. The van der Waals surface area contributed by atoms with Gasteiger partial charge < -0.3 is 9.94 Å². The first-order valence-electron chi connectivity index (χ1n) is 2.37. The van der Waals surface area contributed by atoms with E-state index in [0.29, 0.717) is 4.74 Å². The van der Waals surface area contributed by atoms with Crippen LogP contribution in [0.3, 0.4) is 0 Å². The fourth-order valence-electron chi connectivity index (χ4n) is 0.531. The number of hydrogen-bond acceptors (Lipinski definition) is 3. The topological polar surface area (TPSA) is 52.4 Å². The number of cyclic esters (lactones) is 1. The van der Waals surface area contributed by atoms with Crippen molar-refractivity contribution in [2.24, 2.45) is 0 Å². The first-order valence-corrected chi connectivity index (χ1v) is 2.37. The average Bonchev–Trinajstić information content (AvgIpc) is 2.10. The summed E-state index contributed by atoms with van der Waals surface area (Å²) < 4.78 is 4.84. The number of carbonyl (C=O) groups excluding carboxylic acids is 1. The minimum Gasteiger partial charge on any atom is -0.621 e. The van der Waals surface area contributed by atoms with Crippen molar-refractivity contribution >= 4 is 12.2 Å². The van der Waals surface area contributed by atoms with Gasteiger partial charge in [-0.15, -0.1) is 0 Å². The second-order valence-electron chi connectivity index (χ2n) is 1.55. The summed E-state index contributed by atoms with van der Waals surface area (Å²) in [6.45, 7) is 3.29. The van der Waals surface area contributed by atoms with Gasteiger partial charge in [0.2, 0.25) is 0 Å². The van der Waals surface area contributed by atoms with Crippen molar-refractivity contribution in [2.75, 3.05) is 0 Å². The predicted molar refractivity (Wildman–Crippen MR) is 29.8 cm³/mol. The van der Waals surface area contributed by atoms with Crippen molar-refractivity contribution in [3.05, 3.63) is 17.9 Å². The molecule has 0 aromatic carbocycles. The molecule has 0 aromatic rings. The molecule has 0 saturated heterocycles. The van der Waals surface area contributed by atoms with Crippen LogP contribution in [0.25, 0.3) is 0 Å². The predicted octanol–water partition coefficient (Wildman–Crippen LogP) is -0.364. The highest BCUT2D eigenvalue weighted by Gasteiger charge is 2.25. The monoisotopic (exact) mass is 127 g/mol. The summed E-state index contributed by atoms with van der Waals surface area (Å²) >= 11 is 0. The van der Waals surface area contributed by atoms with E-state index in [1.165, 1.54) is 6.08 Å². The zero-order valence-electron chi connectivity index (χ0n) is 4.61. The zero-order valence-corrected chi connectivity index (χ0v) is 4.61. The molecule has 0 spiro atoms. The van der Waals surface area contributed by atoms with Gasteiger partial charge in [-0.25, -0.2) is 4.79 Å². The van der Waals surface area contributed by atoms with Gasteiger partial charge in [-0.1, -0.05) is 6.58 Å². The van der Waals surface area contributed by atoms with E-state index < -0.39 is 12.2 Å². The molecule has 4 heteroatoms. The number of carbonyl (C=O) groups is 1. The summed E-state index contributed by atoms with van der Waals surface area (Å²) in [5.41, 5.74) is 0. The van der Waals surface area contributed by atoms with Gasteiger partial charge in [-0.05, 0) is 0 Å². The van der Waals surface area contributed by atoms with Crippen LogP contribution in [-0.2, 0) is 9.53 Å². The molecule has 1 aliphatic heterocycles. The van der Waals surface area contributed by atoms with Gasteiger partial charge in [0, 0.05) is 6.08 Å². The molecule has 0 bridgehead atoms. The Kier molecular flexibility index (Phi) is 1.22. The first kappa shape index (κ1) is 5.81. The molecule has 0 N–H and O–H groups in total. The third kappa shape index (κ3) is 0.910. The van der Waals surface area contributed by atoms with Crippen molar-refractivity contribution < 1.29 is 14.3 Å². The summed E-state index contributed by atoms with van der Waals surface area (Å²) in [5, 5.41) is 10.5. The van der Waals surface area contributed by atoms with Crippen molar-refractivity contribution in [1.82, 2.24) is 0 Å². The van der Waals surface area contributed by atoms with Gasteiger partial charge in [-0.3, -0.25) is 0 Å². The number of nitrogens with zero attached hydrogens (tertiary/aromatic N) is 1. The van der Waals surface area contributed by atoms with Crippen LogP contribution in [-0.4, -0.2) is 23.2 Å². The normalized spacial score (nSPS) is 25.1. The van der Waals surface area contributed by atoms with Crippen LogP contribution < -0.4 is 0 Å². The highest BCUT2D eigenvalue weighted by Crippen LogP contribution is 1.99. The minimum atomic E-state index is -0.822. The van der Waals surface area contributed by atoms with Gasteiger partial charge in [0.1, 0.15) is 0 Å². The maximum absolute atomic E-state index is 10.5. The molecule has 1 rings (SSSR count). The van der Waals surface area contributed by atoms with Crippen molar-refractivity contribution in [3.63, 3.8) is 0 Å². The molecular weight excluding hydrogens is 122 g/mol. The fraction of sp³-hybridized carbons (Fsp3) is 0.200. The summed E-state index contributed by atoms with van der Waals surface area (Å²) in [5.74, 6) is -0.616. The van der Waals surface area contributed by atoms with Crippen LogP contribution in [0.4, 0.5) is 0 Å². The van der Waals surface area contributed by atoms with Crippen LogP contribution in [0.5, 0.6) is 0 Å². The molecule has 0 radical (unpaired) electrons. The molecule has 48 valence electrons. The van der Waals surface area contributed by atoms with Crippen molar-refractivity contribution in [1.29, 1.82) is 0 Å². The molecule has 0 unspecified atom stereocenters. The molecule has 1 heterocycles. The van der Waals surface area contributed by atoms with Gasteiger partial charge in [0.25, 0.3) is 6.21 Å². The summed E-state index contributed by atoms with van der Waals surface area (Å²) in [6.07, 6.45) is 1.28. The smallest absolute Gasteiger partial charge is 0.401 e. The lowest BCUT2D eigenvalue weighted by Crippen LogP contribution is -2.14. The van der Waals surface area contributed by atoms with Crippen LogP contribution in [0.1, 0.15) is 0 Å². The Bertz CT molecular complexity index is 185. The van der Waals surface area contributed by atoms with Crippen LogP contribution in [0.2, 0.25) is 0 Å². The number of hydroxylamine groups is 1. The molecule has 9 heavy (non-hydrogen) atoms. The Balaban J connectivity index is 2.75. The lowest BCUT2D eigenvalue weighted by Gasteiger charge is -2.02. The van der Waals surface area contributed by atoms with Gasteiger partial charge >= 0.3 is 12.2 Å². The number of esters is 1. The number of rotatable bonds is 1. The molecule has 0 aliphatic carbocycles. The Hall–Kier alpha value is -1.32. The third-order valence-electron chi connectivity index (χ3n) is 0.922. The van der Waals surface area contributed by atoms with Gasteiger partial charge in [0.15, 0.2) is 0 Å². The van der Waals surface area contributed by atoms with E-state index in [1.807, 2.05) is 0 Å². The second kappa shape index (κ2) is 1.89. The van der Waals surface area contributed by atoms with Gasteiger partial charge in [0.05, 0.1) is 0 Å². The van der Waals surface area contributed by atoms with Gasteiger partial charge in [-0.2, -0.15) is 4.74 Å². The van der Waals surface area contributed by atoms with E-state index in [9.17, 15) is 10.0 Å². The molecule has 1 aliphatic rings. The number of hydrogen-bond donors (Lipinski definition) is 0. The lowest BCUT2D eigenvalue weighted by molar-refractivity contribution is -0.515. The third-order valence-corrected chi connectivity index (χ3v) is 0.922. The largest absolute Gasteiger partial charge is 0.621 e. The van der Waals surface area contributed by atoms with E-state index >= 15 is 0 Å². The van der Waals surface area contributed by atoms with E-state index in [0.717, 1.165) is 6.21 Å². The average molecular weight is 127 g/mol. The Labute approximate surface area is 51.6 Å². The second-order valence-corrected chi connectivity index (χ2v) is 1.55. The SMILES string of the molecule is C=C[C@H]1OC(=O)C=[N+]1[O-]. The maximum atomic E-state index is 10.5. The van der Waals surface area contributed by atoms with E-state index in [1.54, 1.807) is 0 Å². The Morgan fingerprint density at radius 3 is 2.89 bits per heavy atom. The van der Waals surface area contributed by atoms with E-state index in [4.69, 9.17) is 0 Å². The quantitative estimate of drug-likeness (QED) is 0.209. The van der Waals surface area contributed by atoms with Crippen LogP contribution >= 0.6 is 0 Å². The minimum absolute atomic E-state index is 0.412. The maximum Gasteiger partial charge on any atom is 0.401 e. The number of ether oxygens (including phenoxy) is 1. The van der Waals surface area contributed by atoms with Crippen molar-refractivity contribution in [3.8, 4) is 0 Å². The molecule has 4 nitrogen and oxygen atoms in total. The molecular formula is C5H5NO3. The van der Waals surface area contributed by atoms with Crippen molar-refractivity contribution in [2.45, 2.75) is 6.23 Å². The first-order chi connectivity index (χ1) is 4.24.